The van der Waals surface area contributed by atoms with Crippen molar-refractivity contribution in [1.29, 1.82) is 0 Å². The molecule has 1 aliphatic carbocycles. The van der Waals surface area contributed by atoms with Crippen LogP contribution in [0.25, 0.3) is 0 Å². The molecule has 2 aliphatic rings. The summed E-state index contributed by atoms with van der Waals surface area (Å²) in [6, 6.07) is 0. The van der Waals surface area contributed by atoms with Gasteiger partial charge in [0.25, 0.3) is 0 Å². The summed E-state index contributed by atoms with van der Waals surface area (Å²) in [4.78, 5) is 39.0. The third kappa shape index (κ3) is 6.19. The van der Waals surface area contributed by atoms with Gasteiger partial charge in [-0.2, -0.15) is 0 Å². The first-order valence-electron chi connectivity index (χ1n) is 10.5. The van der Waals surface area contributed by atoms with Gasteiger partial charge in [-0.15, -0.1) is 0 Å². The lowest BCUT2D eigenvalue weighted by Gasteiger charge is -2.37. The van der Waals surface area contributed by atoms with E-state index in [0.717, 1.165) is 12.8 Å². The Bertz CT molecular complexity index is 557. The SMILES string of the molecule is CC1CCC(C(C)C)C(OCC(=O)N(C)CC(=O)N2CCC(C(=O)O)CC2)C1. The fraction of sp³-hybridized carbons (Fsp3) is 0.857. The highest BCUT2D eigenvalue weighted by Gasteiger charge is 2.32. The van der Waals surface area contributed by atoms with Crippen molar-refractivity contribution in [3.63, 3.8) is 0 Å². The lowest BCUT2D eigenvalue weighted by atomic mass is 9.75. The Hall–Kier alpha value is -1.63. The molecule has 7 heteroatoms. The number of amides is 2. The number of ether oxygens (including phenoxy) is 1. The molecular weight excluding hydrogens is 360 g/mol. The zero-order chi connectivity index (χ0) is 20.8. The van der Waals surface area contributed by atoms with E-state index in [-0.39, 0.29) is 37.0 Å². The summed E-state index contributed by atoms with van der Waals surface area (Å²) in [6.45, 7) is 7.52. The first kappa shape index (κ1) is 22.7. The second kappa shape index (κ2) is 10.2. The molecule has 3 atom stereocenters. The summed E-state index contributed by atoms with van der Waals surface area (Å²) >= 11 is 0. The van der Waals surface area contributed by atoms with Gasteiger partial charge in [0, 0.05) is 20.1 Å². The predicted molar refractivity (Wildman–Crippen MR) is 106 cm³/mol. The number of likely N-dealkylation sites (N-methyl/N-ethyl adjacent to an activating group) is 1. The summed E-state index contributed by atoms with van der Waals surface area (Å²) in [5, 5.41) is 9.05. The Morgan fingerprint density at radius 1 is 1.14 bits per heavy atom. The molecule has 0 aromatic carbocycles. The van der Waals surface area contributed by atoms with E-state index in [4.69, 9.17) is 9.84 Å². The minimum absolute atomic E-state index is 0.00543. The number of aliphatic carboxylic acids is 1. The smallest absolute Gasteiger partial charge is 0.306 e. The molecule has 0 bridgehead atoms. The molecule has 0 radical (unpaired) electrons. The highest BCUT2D eigenvalue weighted by atomic mass is 16.5. The van der Waals surface area contributed by atoms with Crippen molar-refractivity contribution in [1.82, 2.24) is 9.80 Å². The van der Waals surface area contributed by atoms with Gasteiger partial charge >= 0.3 is 5.97 Å². The summed E-state index contributed by atoms with van der Waals surface area (Å²) in [6.07, 6.45) is 4.38. The molecule has 160 valence electrons. The van der Waals surface area contributed by atoms with Gasteiger partial charge in [-0.25, -0.2) is 0 Å². The predicted octanol–water partition coefficient (Wildman–Crippen LogP) is 2.25. The Labute approximate surface area is 168 Å². The molecule has 3 unspecified atom stereocenters. The second-order valence-electron chi connectivity index (χ2n) is 8.92. The summed E-state index contributed by atoms with van der Waals surface area (Å²) < 4.78 is 6.00. The molecule has 2 rings (SSSR count). The van der Waals surface area contributed by atoms with Crippen LogP contribution in [0.15, 0.2) is 0 Å². The van der Waals surface area contributed by atoms with Gasteiger partial charge in [0.15, 0.2) is 0 Å². The van der Waals surface area contributed by atoms with Gasteiger partial charge in [0.05, 0.1) is 18.6 Å². The van der Waals surface area contributed by atoms with Crippen molar-refractivity contribution in [2.24, 2.45) is 23.7 Å². The van der Waals surface area contributed by atoms with Gasteiger partial charge in [-0.05, 0) is 43.4 Å². The maximum atomic E-state index is 12.5. The lowest BCUT2D eigenvalue weighted by molar-refractivity contribution is -0.148. The molecule has 7 nitrogen and oxygen atoms in total. The largest absolute Gasteiger partial charge is 0.481 e. The van der Waals surface area contributed by atoms with Crippen molar-refractivity contribution < 1.29 is 24.2 Å². The van der Waals surface area contributed by atoms with E-state index in [1.54, 1.807) is 11.9 Å². The number of likely N-dealkylation sites (tertiary alicyclic amines) is 1. The van der Waals surface area contributed by atoms with Crippen LogP contribution in [0, 0.1) is 23.7 Å². The zero-order valence-corrected chi connectivity index (χ0v) is 17.7. The van der Waals surface area contributed by atoms with Gasteiger partial charge in [-0.3, -0.25) is 14.4 Å². The van der Waals surface area contributed by atoms with Crippen LogP contribution in [-0.2, 0) is 19.1 Å². The molecule has 1 N–H and O–H groups in total. The maximum Gasteiger partial charge on any atom is 0.306 e. The van der Waals surface area contributed by atoms with E-state index >= 15 is 0 Å². The van der Waals surface area contributed by atoms with Crippen LogP contribution >= 0.6 is 0 Å². The zero-order valence-electron chi connectivity index (χ0n) is 17.7. The number of hydrogen-bond acceptors (Lipinski definition) is 4. The van der Waals surface area contributed by atoms with Crippen LogP contribution in [0.5, 0.6) is 0 Å². The molecule has 0 aromatic heterocycles. The third-order valence-electron chi connectivity index (χ3n) is 6.38. The average molecular weight is 397 g/mol. The first-order valence-corrected chi connectivity index (χ1v) is 10.5. The van der Waals surface area contributed by atoms with Crippen LogP contribution in [0.2, 0.25) is 0 Å². The summed E-state index contributed by atoms with van der Waals surface area (Å²) in [5.74, 6) is 0.132. The fourth-order valence-corrected chi connectivity index (χ4v) is 4.36. The van der Waals surface area contributed by atoms with Crippen LogP contribution < -0.4 is 0 Å². The van der Waals surface area contributed by atoms with E-state index in [2.05, 4.69) is 20.8 Å². The molecule has 1 saturated heterocycles. The van der Waals surface area contributed by atoms with Gasteiger partial charge in [0.1, 0.15) is 6.61 Å². The molecule has 2 amide bonds. The normalized spacial score (nSPS) is 26.3. The number of carbonyl (C=O) groups is 3. The van der Waals surface area contributed by atoms with Crippen molar-refractivity contribution in [2.75, 3.05) is 33.3 Å². The third-order valence-corrected chi connectivity index (χ3v) is 6.38. The Morgan fingerprint density at radius 3 is 2.36 bits per heavy atom. The second-order valence-corrected chi connectivity index (χ2v) is 8.92. The Kier molecular flexibility index (Phi) is 8.28. The van der Waals surface area contributed by atoms with Crippen molar-refractivity contribution in [3.05, 3.63) is 0 Å². The van der Waals surface area contributed by atoms with Crippen molar-refractivity contribution in [2.45, 2.75) is 59.0 Å². The van der Waals surface area contributed by atoms with E-state index in [1.165, 1.54) is 11.3 Å². The van der Waals surface area contributed by atoms with Crippen LogP contribution in [-0.4, -0.2) is 72.1 Å². The number of nitrogens with zero attached hydrogens (tertiary/aromatic N) is 2. The standard InChI is InChI=1S/C21H36N2O5/c1-14(2)17-6-5-15(3)11-18(17)28-13-20(25)22(4)12-19(24)23-9-7-16(8-10-23)21(26)27/h14-18H,5-13H2,1-4H3,(H,26,27). The first-order chi connectivity index (χ1) is 13.2. The summed E-state index contributed by atoms with van der Waals surface area (Å²) in [5.41, 5.74) is 0. The average Bonchev–Trinajstić information content (AvgIpc) is 2.65. The molecule has 1 heterocycles. The number of piperidine rings is 1. The number of carbonyl (C=O) groups excluding carboxylic acids is 2. The topological polar surface area (TPSA) is 87.2 Å². The number of hydrogen-bond donors (Lipinski definition) is 1. The van der Waals surface area contributed by atoms with E-state index in [9.17, 15) is 14.4 Å². The van der Waals surface area contributed by atoms with E-state index in [0.29, 0.717) is 43.7 Å². The number of rotatable bonds is 7. The van der Waals surface area contributed by atoms with E-state index < -0.39 is 5.97 Å². The monoisotopic (exact) mass is 396 g/mol. The fourth-order valence-electron chi connectivity index (χ4n) is 4.36. The molecule has 2 fully saturated rings. The quantitative estimate of drug-likeness (QED) is 0.713. The van der Waals surface area contributed by atoms with Crippen molar-refractivity contribution >= 4 is 17.8 Å². The number of carboxylic acid groups (broad SMARTS) is 1. The maximum absolute atomic E-state index is 12.5. The molecular formula is C21H36N2O5. The molecule has 1 saturated carbocycles. The minimum atomic E-state index is -0.798. The van der Waals surface area contributed by atoms with Gasteiger partial charge in [-0.1, -0.05) is 27.2 Å². The molecule has 1 aliphatic heterocycles. The van der Waals surface area contributed by atoms with Gasteiger partial charge in [0.2, 0.25) is 11.8 Å². The Morgan fingerprint density at radius 2 is 1.79 bits per heavy atom. The Balaban J connectivity index is 1.77. The summed E-state index contributed by atoms with van der Waals surface area (Å²) in [7, 11) is 1.62. The minimum Gasteiger partial charge on any atom is -0.481 e. The molecule has 0 aromatic rings. The lowest BCUT2D eigenvalue weighted by Crippen LogP contribution is -2.46. The highest BCUT2D eigenvalue weighted by molar-refractivity contribution is 5.85. The van der Waals surface area contributed by atoms with Crippen molar-refractivity contribution in [3.8, 4) is 0 Å². The van der Waals surface area contributed by atoms with Crippen LogP contribution in [0.1, 0.15) is 52.9 Å². The van der Waals surface area contributed by atoms with E-state index in [1.807, 2.05) is 0 Å². The molecule has 28 heavy (non-hydrogen) atoms. The van der Waals surface area contributed by atoms with Crippen LogP contribution in [0.3, 0.4) is 0 Å². The molecule has 0 spiro atoms. The highest BCUT2D eigenvalue weighted by Crippen LogP contribution is 2.35. The van der Waals surface area contributed by atoms with Crippen LogP contribution in [0.4, 0.5) is 0 Å². The number of carboxylic acids is 1. The van der Waals surface area contributed by atoms with Gasteiger partial charge < -0.3 is 19.6 Å².